The molecule has 2 saturated heterocycles. The molecular weight excluding hydrogens is 308 g/mol. The Morgan fingerprint density at radius 3 is 2.74 bits per heavy atom. The molecule has 1 N–H and O–H groups in total. The van der Waals surface area contributed by atoms with Gasteiger partial charge in [0.2, 0.25) is 5.91 Å². The number of hydrogen-bond acceptors (Lipinski definition) is 5. The Balaban J connectivity index is 1.27. The quantitative estimate of drug-likeness (QED) is 0.910. The Kier molecular flexibility index (Phi) is 4.15. The smallest absolute Gasteiger partial charge is 0.226 e. The van der Waals surface area contributed by atoms with Crippen molar-refractivity contribution in [3.8, 4) is 0 Å². The van der Waals surface area contributed by atoms with Gasteiger partial charge in [0.05, 0.1) is 10.7 Å². The fourth-order valence-corrected chi connectivity index (χ4v) is 4.83. The van der Waals surface area contributed by atoms with Gasteiger partial charge in [0.15, 0.2) is 0 Å². The first kappa shape index (κ1) is 15.5. The monoisotopic (exact) mass is 334 g/mol. The summed E-state index contributed by atoms with van der Waals surface area (Å²) in [6, 6.07) is 0. The summed E-state index contributed by atoms with van der Waals surface area (Å²) >= 11 is 1.72. The third-order valence-corrected chi connectivity index (χ3v) is 6.65. The third-order valence-electron chi connectivity index (χ3n) is 5.82. The molecule has 4 rings (SSSR count). The van der Waals surface area contributed by atoms with E-state index in [4.69, 9.17) is 0 Å². The van der Waals surface area contributed by atoms with Crippen LogP contribution in [0.4, 0.5) is 0 Å². The van der Waals surface area contributed by atoms with E-state index in [0.29, 0.717) is 17.2 Å². The van der Waals surface area contributed by atoms with Crippen LogP contribution in [-0.4, -0.2) is 60.0 Å². The Labute approximate surface area is 142 Å². The predicted octanol–water partition coefficient (Wildman–Crippen LogP) is 1.49. The topological polar surface area (TPSA) is 48.5 Å². The van der Waals surface area contributed by atoms with Crippen molar-refractivity contribution in [2.24, 2.45) is 11.3 Å². The number of nitrogens with zero attached hydrogens (tertiary/aromatic N) is 3. The van der Waals surface area contributed by atoms with Crippen LogP contribution in [0.2, 0.25) is 0 Å². The summed E-state index contributed by atoms with van der Waals surface area (Å²) in [5.74, 6) is 0.744. The van der Waals surface area contributed by atoms with Gasteiger partial charge < -0.3 is 10.2 Å². The number of thiazole rings is 1. The molecule has 6 heteroatoms. The lowest BCUT2D eigenvalue weighted by Gasteiger charge is -2.35. The highest BCUT2D eigenvalue weighted by Crippen LogP contribution is 2.59. The second kappa shape index (κ2) is 6.15. The van der Waals surface area contributed by atoms with Gasteiger partial charge in [-0.05, 0) is 44.7 Å². The van der Waals surface area contributed by atoms with E-state index in [1.807, 2.05) is 0 Å². The minimum absolute atomic E-state index is 0.317. The van der Waals surface area contributed by atoms with Crippen LogP contribution >= 0.6 is 11.3 Å². The van der Waals surface area contributed by atoms with E-state index in [9.17, 15) is 4.79 Å². The van der Waals surface area contributed by atoms with Crippen molar-refractivity contribution in [2.45, 2.75) is 32.7 Å². The van der Waals surface area contributed by atoms with E-state index >= 15 is 0 Å². The summed E-state index contributed by atoms with van der Waals surface area (Å²) in [5.41, 5.74) is 1.53. The van der Waals surface area contributed by atoms with Gasteiger partial charge in [-0.3, -0.25) is 9.69 Å². The van der Waals surface area contributed by atoms with E-state index in [0.717, 1.165) is 57.2 Å². The highest BCUT2D eigenvalue weighted by Gasteiger charge is 2.58. The summed E-state index contributed by atoms with van der Waals surface area (Å²) in [6.45, 7) is 8.87. The van der Waals surface area contributed by atoms with Gasteiger partial charge in [-0.25, -0.2) is 4.98 Å². The SMILES string of the molecule is Cc1nc(CN2CCN(C(=O)C3CC34CCNCC4)CC2)cs1. The maximum absolute atomic E-state index is 12.8. The lowest BCUT2D eigenvalue weighted by Crippen LogP contribution is -2.49. The Hall–Kier alpha value is -0.980. The molecule has 1 aromatic rings. The van der Waals surface area contributed by atoms with E-state index < -0.39 is 0 Å². The largest absolute Gasteiger partial charge is 0.340 e. The molecule has 1 saturated carbocycles. The normalized spacial score (nSPS) is 27.3. The second-order valence-electron chi connectivity index (χ2n) is 7.33. The van der Waals surface area contributed by atoms with Crippen LogP contribution < -0.4 is 5.32 Å². The number of piperidine rings is 1. The molecule has 2 aliphatic heterocycles. The molecule has 1 unspecified atom stereocenters. The van der Waals surface area contributed by atoms with Crippen molar-refractivity contribution < 1.29 is 4.79 Å². The number of piperazine rings is 1. The van der Waals surface area contributed by atoms with Crippen LogP contribution in [0.25, 0.3) is 0 Å². The van der Waals surface area contributed by atoms with Crippen molar-refractivity contribution in [3.63, 3.8) is 0 Å². The average Bonchev–Trinajstić information content (AvgIpc) is 3.09. The molecule has 1 aromatic heterocycles. The maximum Gasteiger partial charge on any atom is 0.226 e. The molecule has 126 valence electrons. The van der Waals surface area contributed by atoms with Crippen LogP contribution in [0.3, 0.4) is 0 Å². The fourth-order valence-electron chi connectivity index (χ4n) is 4.23. The van der Waals surface area contributed by atoms with Crippen LogP contribution in [0, 0.1) is 18.3 Å². The first-order valence-corrected chi connectivity index (χ1v) is 9.67. The predicted molar refractivity (Wildman–Crippen MR) is 91.4 cm³/mol. The molecule has 0 bridgehead atoms. The standard InChI is InChI=1S/C17H26N4OS/c1-13-19-14(12-23-13)11-20-6-8-21(9-7-20)16(22)15-10-17(15)2-4-18-5-3-17/h12,15,18H,2-11H2,1H3. The molecule has 1 amide bonds. The van der Waals surface area contributed by atoms with Gasteiger partial charge in [-0.15, -0.1) is 11.3 Å². The van der Waals surface area contributed by atoms with Crippen molar-refractivity contribution in [3.05, 3.63) is 16.1 Å². The minimum Gasteiger partial charge on any atom is -0.340 e. The van der Waals surface area contributed by atoms with Gasteiger partial charge in [0, 0.05) is 44.0 Å². The fraction of sp³-hybridized carbons (Fsp3) is 0.765. The number of aromatic nitrogens is 1. The van der Waals surface area contributed by atoms with E-state index in [1.54, 1.807) is 11.3 Å². The maximum atomic E-state index is 12.8. The van der Waals surface area contributed by atoms with Gasteiger partial charge in [-0.1, -0.05) is 0 Å². The molecule has 3 fully saturated rings. The van der Waals surface area contributed by atoms with Crippen LogP contribution in [0.1, 0.15) is 30.0 Å². The Bertz CT molecular complexity index is 573. The molecule has 0 radical (unpaired) electrons. The number of rotatable bonds is 3. The lowest BCUT2D eigenvalue weighted by molar-refractivity contribution is -0.135. The zero-order chi connectivity index (χ0) is 15.9. The third kappa shape index (κ3) is 3.16. The zero-order valence-corrected chi connectivity index (χ0v) is 14.7. The number of aryl methyl sites for hydroxylation is 1. The molecule has 1 atom stereocenters. The summed E-state index contributed by atoms with van der Waals surface area (Å²) < 4.78 is 0. The number of amides is 1. The van der Waals surface area contributed by atoms with Crippen molar-refractivity contribution in [2.75, 3.05) is 39.3 Å². The number of carbonyl (C=O) groups excluding carboxylic acids is 1. The van der Waals surface area contributed by atoms with Crippen LogP contribution in [0.5, 0.6) is 0 Å². The molecule has 1 aliphatic carbocycles. The highest BCUT2D eigenvalue weighted by atomic mass is 32.1. The summed E-state index contributed by atoms with van der Waals surface area (Å²) in [5, 5.41) is 6.70. The summed E-state index contributed by atoms with van der Waals surface area (Å²) in [4.78, 5) is 21.9. The summed E-state index contributed by atoms with van der Waals surface area (Å²) in [7, 11) is 0. The Morgan fingerprint density at radius 1 is 1.35 bits per heavy atom. The molecular formula is C17H26N4OS. The number of carbonyl (C=O) groups is 1. The molecule has 3 aliphatic rings. The van der Waals surface area contributed by atoms with Gasteiger partial charge >= 0.3 is 0 Å². The summed E-state index contributed by atoms with van der Waals surface area (Å²) in [6.07, 6.45) is 3.50. The van der Waals surface area contributed by atoms with E-state index in [-0.39, 0.29) is 0 Å². The number of nitrogens with one attached hydrogen (secondary N) is 1. The van der Waals surface area contributed by atoms with Gasteiger partial charge in [-0.2, -0.15) is 0 Å². The molecule has 1 spiro atoms. The molecule has 5 nitrogen and oxygen atoms in total. The molecule has 3 heterocycles. The molecule has 23 heavy (non-hydrogen) atoms. The first-order chi connectivity index (χ1) is 11.2. The van der Waals surface area contributed by atoms with Crippen molar-refractivity contribution in [1.29, 1.82) is 0 Å². The van der Waals surface area contributed by atoms with Crippen LogP contribution in [-0.2, 0) is 11.3 Å². The highest BCUT2D eigenvalue weighted by molar-refractivity contribution is 7.09. The zero-order valence-electron chi connectivity index (χ0n) is 13.9. The average molecular weight is 334 g/mol. The van der Waals surface area contributed by atoms with Crippen molar-refractivity contribution in [1.82, 2.24) is 20.1 Å². The molecule has 0 aromatic carbocycles. The number of hydrogen-bond donors (Lipinski definition) is 1. The first-order valence-electron chi connectivity index (χ1n) is 8.79. The van der Waals surface area contributed by atoms with E-state index in [1.165, 1.54) is 18.5 Å². The second-order valence-corrected chi connectivity index (χ2v) is 8.39. The lowest BCUT2D eigenvalue weighted by atomic mass is 9.91. The van der Waals surface area contributed by atoms with E-state index in [2.05, 4.69) is 32.4 Å². The Morgan fingerprint density at radius 2 is 2.09 bits per heavy atom. The van der Waals surface area contributed by atoms with Crippen LogP contribution in [0.15, 0.2) is 5.38 Å². The minimum atomic E-state index is 0.317. The van der Waals surface area contributed by atoms with Gasteiger partial charge in [0.1, 0.15) is 0 Å². The van der Waals surface area contributed by atoms with Gasteiger partial charge in [0.25, 0.3) is 0 Å². The van der Waals surface area contributed by atoms with Crippen molar-refractivity contribution >= 4 is 17.2 Å².